The standard InChI is InChI=1S/C16H24ClNO2/c1-12-9-14(17)6-7-16(12)20-11-15(19)10-18-8-4-3-5-13(18)2/h6-7,9,13,15,19H,3-5,8,10-11H2,1-2H3/t13-,15-/m1/s1. The summed E-state index contributed by atoms with van der Waals surface area (Å²) in [5.41, 5.74) is 0.996. The first-order valence-corrected chi connectivity index (χ1v) is 7.75. The number of β-amino-alcohol motifs (C(OH)–C–C–N with tert-alkyl or cyclic N) is 1. The van der Waals surface area contributed by atoms with Crippen LogP contribution in [0.1, 0.15) is 31.7 Å². The number of aliphatic hydroxyl groups is 1. The summed E-state index contributed by atoms with van der Waals surface area (Å²) in [5.74, 6) is 0.792. The smallest absolute Gasteiger partial charge is 0.122 e. The number of hydrogen-bond acceptors (Lipinski definition) is 3. The fourth-order valence-corrected chi connectivity index (χ4v) is 2.94. The second kappa shape index (κ2) is 7.30. The lowest BCUT2D eigenvalue weighted by Gasteiger charge is -2.34. The molecular formula is C16H24ClNO2. The van der Waals surface area contributed by atoms with Gasteiger partial charge in [0.1, 0.15) is 18.5 Å². The summed E-state index contributed by atoms with van der Waals surface area (Å²) >= 11 is 5.91. The molecule has 1 N–H and O–H groups in total. The van der Waals surface area contributed by atoms with Crippen molar-refractivity contribution >= 4 is 11.6 Å². The van der Waals surface area contributed by atoms with Crippen molar-refractivity contribution in [2.24, 2.45) is 0 Å². The Bertz CT molecular complexity index is 438. The van der Waals surface area contributed by atoms with Crippen LogP contribution in [0.15, 0.2) is 18.2 Å². The van der Waals surface area contributed by atoms with Crippen molar-refractivity contribution in [3.8, 4) is 5.75 Å². The Hall–Kier alpha value is -0.770. The van der Waals surface area contributed by atoms with E-state index in [9.17, 15) is 5.11 Å². The molecule has 0 amide bonds. The number of nitrogens with zero attached hydrogens (tertiary/aromatic N) is 1. The number of hydrogen-bond donors (Lipinski definition) is 1. The Morgan fingerprint density at radius 3 is 2.95 bits per heavy atom. The molecule has 1 aliphatic rings. The second-order valence-electron chi connectivity index (χ2n) is 5.71. The molecule has 0 radical (unpaired) electrons. The summed E-state index contributed by atoms with van der Waals surface area (Å²) in [5, 5.41) is 10.8. The van der Waals surface area contributed by atoms with Crippen molar-refractivity contribution in [3.05, 3.63) is 28.8 Å². The minimum Gasteiger partial charge on any atom is -0.491 e. The Kier molecular flexibility index (Phi) is 5.70. The summed E-state index contributed by atoms with van der Waals surface area (Å²) < 4.78 is 5.70. The molecule has 0 bridgehead atoms. The van der Waals surface area contributed by atoms with E-state index in [1.807, 2.05) is 25.1 Å². The SMILES string of the molecule is Cc1cc(Cl)ccc1OC[C@H](O)CN1CCCC[C@H]1C. The molecule has 3 nitrogen and oxygen atoms in total. The van der Waals surface area contributed by atoms with Gasteiger partial charge in [-0.15, -0.1) is 0 Å². The van der Waals surface area contributed by atoms with Crippen molar-refractivity contribution in [1.29, 1.82) is 0 Å². The van der Waals surface area contributed by atoms with Crippen molar-refractivity contribution in [2.45, 2.75) is 45.3 Å². The molecule has 112 valence electrons. The molecule has 1 aromatic rings. The first kappa shape index (κ1) is 15.6. The second-order valence-corrected chi connectivity index (χ2v) is 6.15. The summed E-state index contributed by atoms with van der Waals surface area (Å²) in [6, 6.07) is 6.10. The predicted molar refractivity (Wildman–Crippen MR) is 82.6 cm³/mol. The van der Waals surface area contributed by atoms with Gasteiger partial charge >= 0.3 is 0 Å². The number of aryl methyl sites for hydroxylation is 1. The van der Waals surface area contributed by atoms with Gasteiger partial charge in [0.15, 0.2) is 0 Å². The lowest BCUT2D eigenvalue weighted by Crippen LogP contribution is -2.43. The Morgan fingerprint density at radius 2 is 2.25 bits per heavy atom. The van der Waals surface area contributed by atoms with Crippen molar-refractivity contribution in [3.63, 3.8) is 0 Å². The molecule has 1 aliphatic heterocycles. The predicted octanol–water partition coefficient (Wildman–Crippen LogP) is 3.26. The van der Waals surface area contributed by atoms with Gasteiger partial charge in [0.25, 0.3) is 0 Å². The molecular weight excluding hydrogens is 274 g/mol. The van der Waals surface area contributed by atoms with Gasteiger partial charge in [0, 0.05) is 17.6 Å². The molecule has 1 fully saturated rings. The molecule has 0 unspecified atom stereocenters. The molecule has 1 aromatic carbocycles. The lowest BCUT2D eigenvalue weighted by molar-refractivity contribution is 0.0436. The molecule has 0 saturated carbocycles. The number of halogens is 1. The number of ether oxygens (including phenoxy) is 1. The maximum Gasteiger partial charge on any atom is 0.122 e. The highest BCUT2D eigenvalue weighted by Crippen LogP contribution is 2.22. The Labute approximate surface area is 126 Å². The van der Waals surface area contributed by atoms with Gasteiger partial charge in [0.2, 0.25) is 0 Å². The van der Waals surface area contributed by atoms with Crippen molar-refractivity contribution in [2.75, 3.05) is 19.7 Å². The van der Waals surface area contributed by atoms with Crippen LogP contribution in [0.25, 0.3) is 0 Å². The zero-order valence-electron chi connectivity index (χ0n) is 12.3. The van der Waals surface area contributed by atoms with Crippen LogP contribution in [0, 0.1) is 6.92 Å². The van der Waals surface area contributed by atoms with Crippen LogP contribution >= 0.6 is 11.6 Å². The number of likely N-dealkylation sites (tertiary alicyclic amines) is 1. The number of aliphatic hydroxyl groups excluding tert-OH is 1. The Balaban J connectivity index is 1.81. The van der Waals surface area contributed by atoms with Crippen LogP contribution in [0.3, 0.4) is 0 Å². The van der Waals surface area contributed by atoms with E-state index >= 15 is 0 Å². The van der Waals surface area contributed by atoms with Gasteiger partial charge in [-0.05, 0) is 57.0 Å². The molecule has 1 heterocycles. The fourth-order valence-electron chi connectivity index (χ4n) is 2.71. The van der Waals surface area contributed by atoms with E-state index in [1.165, 1.54) is 19.3 Å². The third-order valence-electron chi connectivity index (χ3n) is 3.95. The maximum absolute atomic E-state index is 10.1. The fraction of sp³-hybridized carbons (Fsp3) is 0.625. The lowest BCUT2D eigenvalue weighted by atomic mass is 10.0. The largest absolute Gasteiger partial charge is 0.491 e. The van der Waals surface area contributed by atoms with Gasteiger partial charge in [-0.25, -0.2) is 0 Å². The summed E-state index contributed by atoms with van der Waals surface area (Å²) in [7, 11) is 0. The molecule has 2 atom stereocenters. The molecule has 2 rings (SSSR count). The highest BCUT2D eigenvalue weighted by Gasteiger charge is 2.21. The topological polar surface area (TPSA) is 32.7 Å². The highest BCUT2D eigenvalue weighted by molar-refractivity contribution is 6.30. The van der Waals surface area contributed by atoms with E-state index in [0.717, 1.165) is 17.9 Å². The van der Waals surface area contributed by atoms with Gasteiger partial charge in [-0.1, -0.05) is 18.0 Å². The van der Waals surface area contributed by atoms with E-state index in [-0.39, 0.29) is 0 Å². The summed E-state index contributed by atoms with van der Waals surface area (Å²) in [6.07, 6.45) is 3.30. The van der Waals surface area contributed by atoms with Crippen LogP contribution in [0.4, 0.5) is 0 Å². The first-order chi connectivity index (χ1) is 9.56. The minimum atomic E-state index is -0.453. The number of piperidine rings is 1. The minimum absolute atomic E-state index is 0.325. The van der Waals surface area contributed by atoms with E-state index in [4.69, 9.17) is 16.3 Å². The monoisotopic (exact) mass is 297 g/mol. The van der Waals surface area contributed by atoms with Crippen LogP contribution in [0.2, 0.25) is 5.02 Å². The maximum atomic E-state index is 10.1. The Morgan fingerprint density at radius 1 is 1.45 bits per heavy atom. The third-order valence-corrected chi connectivity index (χ3v) is 4.19. The van der Waals surface area contributed by atoms with Crippen LogP contribution in [-0.4, -0.2) is 41.8 Å². The average molecular weight is 298 g/mol. The van der Waals surface area contributed by atoms with E-state index in [1.54, 1.807) is 0 Å². The number of benzene rings is 1. The van der Waals surface area contributed by atoms with Crippen LogP contribution < -0.4 is 4.74 Å². The third kappa shape index (κ3) is 4.37. The molecule has 0 aromatic heterocycles. The van der Waals surface area contributed by atoms with Crippen LogP contribution in [0.5, 0.6) is 5.75 Å². The zero-order chi connectivity index (χ0) is 14.5. The normalized spacial score (nSPS) is 21.7. The molecule has 1 saturated heterocycles. The summed E-state index contributed by atoms with van der Waals surface area (Å²) in [4.78, 5) is 2.35. The molecule has 0 spiro atoms. The first-order valence-electron chi connectivity index (χ1n) is 7.37. The average Bonchev–Trinajstić information content (AvgIpc) is 2.40. The molecule has 20 heavy (non-hydrogen) atoms. The molecule has 4 heteroatoms. The van der Waals surface area contributed by atoms with Gasteiger partial charge in [0.05, 0.1) is 0 Å². The van der Waals surface area contributed by atoms with E-state index in [2.05, 4.69) is 11.8 Å². The van der Waals surface area contributed by atoms with Gasteiger partial charge in [-0.2, -0.15) is 0 Å². The van der Waals surface area contributed by atoms with Crippen LogP contribution in [-0.2, 0) is 0 Å². The van der Waals surface area contributed by atoms with Gasteiger partial charge in [-0.3, -0.25) is 4.90 Å². The van der Waals surface area contributed by atoms with Crippen molar-refractivity contribution < 1.29 is 9.84 Å². The highest BCUT2D eigenvalue weighted by atomic mass is 35.5. The number of rotatable bonds is 5. The van der Waals surface area contributed by atoms with Gasteiger partial charge < -0.3 is 9.84 Å². The van der Waals surface area contributed by atoms with E-state index in [0.29, 0.717) is 24.2 Å². The zero-order valence-corrected chi connectivity index (χ0v) is 13.1. The van der Waals surface area contributed by atoms with E-state index < -0.39 is 6.10 Å². The summed E-state index contributed by atoms with van der Waals surface area (Å²) in [6.45, 7) is 6.29. The van der Waals surface area contributed by atoms with Crippen molar-refractivity contribution in [1.82, 2.24) is 4.90 Å². The molecule has 0 aliphatic carbocycles. The quantitative estimate of drug-likeness (QED) is 0.905.